The zero-order valence-corrected chi connectivity index (χ0v) is 11.1. The van der Waals surface area contributed by atoms with Gasteiger partial charge in [0.2, 0.25) is 0 Å². The molecule has 0 aromatic carbocycles. The largest absolute Gasteiger partial charge is 0.317 e. The Labute approximate surface area is 101 Å². The summed E-state index contributed by atoms with van der Waals surface area (Å²) in [6, 6.07) is 0. The Morgan fingerprint density at radius 3 is 2.62 bits per heavy atom. The fourth-order valence-corrected chi connectivity index (χ4v) is 2.74. The first-order chi connectivity index (χ1) is 7.72. The molecule has 1 heterocycles. The third-order valence-electron chi connectivity index (χ3n) is 3.97. The van der Waals surface area contributed by atoms with Gasteiger partial charge in [-0.25, -0.2) is 0 Å². The maximum Gasteiger partial charge on any atom is 0.00358 e. The van der Waals surface area contributed by atoms with E-state index in [1.54, 1.807) is 0 Å². The van der Waals surface area contributed by atoms with Crippen molar-refractivity contribution in [2.75, 3.05) is 33.2 Å². The van der Waals surface area contributed by atoms with Gasteiger partial charge in [-0.2, -0.15) is 0 Å². The minimum atomic E-state index is 0.578. The summed E-state index contributed by atoms with van der Waals surface area (Å²) in [5, 5.41) is 3.47. The second kappa shape index (κ2) is 7.08. The molecule has 0 bridgehead atoms. The van der Waals surface area contributed by atoms with E-state index in [-0.39, 0.29) is 0 Å². The Morgan fingerprint density at radius 2 is 2.06 bits per heavy atom. The topological polar surface area (TPSA) is 15.3 Å². The van der Waals surface area contributed by atoms with Gasteiger partial charge in [-0.15, -0.1) is 6.58 Å². The number of rotatable bonds is 7. The van der Waals surface area contributed by atoms with E-state index < -0.39 is 0 Å². The molecule has 16 heavy (non-hydrogen) atoms. The summed E-state index contributed by atoms with van der Waals surface area (Å²) in [5.41, 5.74) is 0.578. The van der Waals surface area contributed by atoms with E-state index in [9.17, 15) is 0 Å². The molecule has 1 fully saturated rings. The fraction of sp³-hybridized carbons (Fsp3) is 0.857. The third kappa shape index (κ3) is 4.26. The molecular weight excluding hydrogens is 196 g/mol. The molecule has 1 N–H and O–H groups in total. The highest BCUT2D eigenvalue weighted by Gasteiger charge is 2.30. The van der Waals surface area contributed by atoms with Crippen molar-refractivity contribution < 1.29 is 0 Å². The van der Waals surface area contributed by atoms with Crippen molar-refractivity contribution in [1.82, 2.24) is 10.2 Å². The quantitative estimate of drug-likeness (QED) is 0.528. The van der Waals surface area contributed by atoms with Crippen LogP contribution in [0.3, 0.4) is 0 Å². The molecule has 1 saturated heterocycles. The van der Waals surface area contributed by atoms with E-state index in [0.29, 0.717) is 5.41 Å². The highest BCUT2D eigenvalue weighted by Crippen LogP contribution is 2.33. The fourth-order valence-electron chi connectivity index (χ4n) is 2.74. The highest BCUT2D eigenvalue weighted by molar-refractivity contribution is 4.86. The van der Waals surface area contributed by atoms with Crippen LogP contribution in [0.15, 0.2) is 12.7 Å². The van der Waals surface area contributed by atoms with Gasteiger partial charge in [0, 0.05) is 6.54 Å². The van der Waals surface area contributed by atoms with E-state index in [4.69, 9.17) is 0 Å². The SMILES string of the molecule is C=CCCCN(C)CC1(CC)CCNCC1. The van der Waals surface area contributed by atoms with Crippen LogP contribution in [0, 0.1) is 5.41 Å². The molecule has 0 aromatic heterocycles. The summed E-state index contributed by atoms with van der Waals surface area (Å²) in [6.45, 7) is 11.0. The standard InChI is InChI=1S/C14H28N2/c1-4-6-7-12-16(3)13-14(5-2)8-10-15-11-9-14/h4,15H,1,5-13H2,2-3H3. The van der Waals surface area contributed by atoms with Crippen molar-refractivity contribution >= 4 is 0 Å². The lowest BCUT2D eigenvalue weighted by molar-refractivity contribution is 0.122. The first-order valence-electron chi connectivity index (χ1n) is 6.72. The molecule has 0 aromatic rings. The number of nitrogens with one attached hydrogen (secondary N) is 1. The normalized spacial score (nSPS) is 19.9. The number of allylic oxidation sites excluding steroid dienone is 1. The van der Waals surface area contributed by atoms with E-state index in [2.05, 4.69) is 30.8 Å². The van der Waals surface area contributed by atoms with Crippen molar-refractivity contribution in [1.29, 1.82) is 0 Å². The van der Waals surface area contributed by atoms with Gasteiger partial charge in [0.1, 0.15) is 0 Å². The van der Waals surface area contributed by atoms with Crippen LogP contribution in [0.2, 0.25) is 0 Å². The van der Waals surface area contributed by atoms with Gasteiger partial charge in [0.15, 0.2) is 0 Å². The lowest BCUT2D eigenvalue weighted by Crippen LogP contribution is -2.43. The lowest BCUT2D eigenvalue weighted by Gasteiger charge is -2.40. The van der Waals surface area contributed by atoms with Crippen molar-refractivity contribution in [3.05, 3.63) is 12.7 Å². The number of hydrogen-bond donors (Lipinski definition) is 1. The molecule has 1 aliphatic rings. The van der Waals surface area contributed by atoms with E-state index in [1.165, 1.54) is 51.9 Å². The monoisotopic (exact) mass is 224 g/mol. The minimum Gasteiger partial charge on any atom is -0.317 e. The average Bonchev–Trinajstić information content (AvgIpc) is 2.30. The van der Waals surface area contributed by atoms with Crippen LogP contribution in [0.4, 0.5) is 0 Å². The first kappa shape index (κ1) is 13.7. The van der Waals surface area contributed by atoms with Gasteiger partial charge >= 0.3 is 0 Å². The second-order valence-corrected chi connectivity index (χ2v) is 5.27. The second-order valence-electron chi connectivity index (χ2n) is 5.27. The van der Waals surface area contributed by atoms with E-state index in [0.717, 1.165) is 6.42 Å². The van der Waals surface area contributed by atoms with Crippen LogP contribution in [-0.2, 0) is 0 Å². The van der Waals surface area contributed by atoms with Crippen LogP contribution in [0.1, 0.15) is 39.0 Å². The van der Waals surface area contributed by atoms with E-state index in [1.807, 2.05) is 6.08 Å². The summed E-state index contributed by atoms with van der Waals surface area (Å²) in [5.74, 6) is 0. The van der Waals surface area contributed by atoms with Gasteiger partial charge in [0.25, 0.3) is 0 Å². The molecule has 2 heteroatoms. The van der Waals surface area contributed by atoms with Crippen molar-refractivity contribution in [3.63, 3.8) is 0 Å². The van der Waals surface area contributed by atoms with Gasteiger partial charge in [-0.3, -0.25) is 0 Å². The van der Waals surface area contributed by atoms with Crippen LogP contribution < -0.4 is 5.32 Å². The molecule has 0 atom stereocenters. The zero-order valence-electron chi connectivity index (χ0n) is 11.1. The summed E-state index contributed by atoms with van der Waals surface area (Å²) in [4.78, 5) is 2.51. The molecule has 0 saturated carbocycles. The van der Waals surface area contributed by atoms with Gasteiger partial charge in [-0.1, -0.05) is 13.0 Å². The summed E-state index contributed by atoms with van der Waals surface area (Å²) >= 11 is 0. The minimum absolute atomic E-state index is 0.578. The Hall–Kier alpha value is -0.340. The molecule has 0 spiro atoms. The van der Waals surface area contributed by atoms with E-state index >= 15 is 0 Å². The maximum absolute atomic E-state index is 3.78. The average molecular weight is 224 g/mol. The number of unbranched alkanes of at least 4 members (excludes halogenated alkanes) is 1. The molecule has 1 aliphatic heterocycles. The summed E-state index contributed by atoms with van der Waals surface area (Å²) in [7, 11) is 2.27. The van der Waals surface area contributed by atoms with Gasteiger partial charge < -0.3 is 10.2 Å². The zero-order chi connectivity index (χ0) is 11.9. The molecule has 0 radical (unpaired) electrons. The Morgan fingerprint density at radius 1 is 1.38 bits per heavy atom. The van der Waals surface area contributed by atoms with Gasteiger partial charge in [-0.05, 0) is 64.2 Å². The molecular formula is C14H28N2. The first-order valence-corrected chi connectivity index (χ1v) is 6.72. The van der Waals surface area contributed by atoms with Gasteiger partial charge in [0.05, 0.1) is 0 Å². The smallest absolute Gasteiger partial charge is 0.00358 e. The number of piperidine rings is 1. The predicted molar refractivity (Wildman–Crippen MR) is 71.8 cm³/mol. The molecule has 2 nitrogen and oxygen atoms in total. The molecule has 94 valence electrons. The molecule has 0 aliphatic carbocycles. The van der Waals surface area contributed by atoms with Crippen LogP contribution in [-0.4, -0.2) is 38.1 Å². The van der Waals surface area contributed by atoms with Crippen LogP contribution >= 0.6 is 0 Å². The van der Waals surface area contributed by atoms with Crippen LogP contribution in [0.25, 0.3) is 0 Å². The Kier molecular flexibility index (Phi) is 6.07. The maximum atomic E-state index is 3.78. The highest BCUT2D eigenvalue weighted by atomic mass is 15.1. The number of nitrogens with zero attached hydrogens (tertiary/aromatic N) is 1. The third-order valence-corrected chi connectivity index (χ3v) is 3.97. The Balaban J connectivity index is 2.33. The number of hydrogen-bond acceptors (Lipinski definition) is 2. The molecule has 0 unspecified atom stereocenters. The van der Waals surface area contributed by atoms with Crippen molar-refractivity contribution in [3.8, 4) is 0 Å². The molecule has 0 amide bonds. The summed E-state index contributed by atoms with van der Waals surface area (Å²) in [6.07, 6.45) is 8.42. The van der Waals surface area contributed by atoms with Crippen molar-refractivity contribution in [2.24, 2.45) is 5.41 Å². The lowest BCUT2D eigenvalue weighted by atomic mass is 9.76. The summed E-state index contributed by atoms with van der Waals surface area (Å²) < 4.78 is 0. The molecule has 1 rings (SSSR count). The predicted octanol–water partition coefficient (Wildman–Crippen LogP) is 2.66. The van der Waals surface area contributed by atoms with Crippen LogP contribution in [0.5, 0.6) is 0 Å². The van der Waals surface area contributed by atoms with Crippen molar-refractivity contribution in [2.45, 2.75) is 39.0 Å². The Bertz CT molecular complexity index is 195.